The molecule has 1 fully saturated rings. The van der Waals surface area contributed by atoms with Gasteiger partial charge < -0.3 is 10.2 Å². The monoisotopic (exact) mass is 198 g/mol. The zero-order chi connectivity index (χ0) is 10.4. The molecule has 1 unspecified atom stereocenters. The summed E-state index contributed by atoms with van der Waals surface area (Å²) < 4.78 is 0. The zero-order valence-electron chi connectivity index (χ0n) is 10.1. The van der Waals surface area contributed by atoms with E-state index in [0.717, 1.165) is 12.0 Å². The van der Waals surface area contributed by atoms with Crippen molar-refractivity contribution in [3.8, 4) is 0 Å². The molecular weight excluding hydrogens is 172 g/mol. The van der Waals surface area contributed by atoms with E-state index in [2.05, 4.69) is 31.1 Å². The van der Waals surface area contributed by atoms with Gasteiger partial charge in [-0.15, -0.1) is 0 Å². The van der Waals surface area contributed by atoms with Crippen molar-refractivity contribution in [2.75, 3.05) is 26.7 Å². The predicted molar refractivity (Wildman–Crippen MR) is 62.6 cm³/mol. The Morgan fingerprint density at radius 1 is 1.36 bits per heavy atom. The van der Waals surface area contributed by atoms with Crippen LogP contribution in [0.1, 0.15) is 39.5 Å². The van der Waals surface area contributed by atoms with E-state index >= 15 is 0 Å². The van der Waals surface area contributed by atoms with Crippen molar-refractivity contribution in [1.82, 2.24) is 10.2 Å². The molecule has 0 radical (unpaired) electrons. The highest BCUT2D eigenvalue weighted by Crippen LogP contribution is 2.13. The van der Waals surface area contributed by atoms with Gasteiger partial charge in [0.25, 0.3) is 0 Å². The molecule has 0 aliphatic carbocycles. The molecule has 1 N–H and O–H groups in total. The molecule has 1 heterocycles. The Balaban J connectivity index is 2.04. The molecule has 0 spiro atoms. The van der Waals surface area contributed by atoms with Crippen LogP contribution in [0.25, 0.3) is 0 Å². The van der Waals surface area contributed by atoms with Gasteiger partial charge in [-0.25, -0.2) is 0 Å². The quantitative estimate of drug-likeness (QED) is 0.681. The van der Waals surface area contributed by atoms with Crippen LogP contribution in [0.2, 0.25) is 0 Å². The molecule has 2 nitrogen and oxygen atoms in total. The number of likely N-dealkylation sites (tertiary alicyclic amines) is 1. The maximum absolute atomic E-state index is 3.58. The van der Waals surface area contributed by atoms with Gasteiger partial charge in [0.1, 0.15) is 0 Å². The van der Waals surface area contributed by atoms with Gasteiger partial charge in [-0.2, -0.15) is 0 Å². The molecule has 84 valence electrons. The Morgan fingerprint density at radius 2 is 2.14 bits per heavy atom. The van der Waals surface area contributed by atoms with Crippen molar-refractivity contribution in [3.05, 3.63) is 0 Å². The lowest BCUT2D eigenvalue weighted by Crippen LogP contribution is -2.43. The summed E-state index contributed by atoms with van der Waals surface area (Å²) in [7, 11) is 2.26. The SMILES string of the molecule is CC(C)CCNCC1CCCCN1C. The van der Waals surface area contributed by atoms with Crippen molar-refractivity contribution in [3.63, 3.8) is 0 Å². The van der Waals surface area contributed by atoms with Gasteiger partial charge in [0.2, 0.25) is 0 Å². The van der Waals surface area contributed by atoms with E-state index in [0.29, 0.717) is 0 Å². The average Bonchev–Trinajstić information content (AvgIpc) is 2.15. The van der Waals surface area contributed by atoms with Crippen molar-refractivity contribution in [2.24, 2.45) is 5.92 Å². The van der Waals surface area contributed by atoms with Crippen LogP contribution in [0.4, 0.5) is 0 Å². The van der Waals surface area contributed by atoms with Gasteiger partial charge >= 0.3 is 0 Å². The Bertz CT molecular complexity index is 145. The number of hydrogen-bond donors (Lipinski definition) is 1. The van der Waals surface area contributed by atoms with E-state index in [4.69, 9.17) is 0 Å². The lowest BCUT2D eigenvalue weighted by molar-refractivity contribution is 0.181. The molecule has 1 saturated heterocycles. The molecule has 0 aromatic rings. The first kappa shape index (κ1) is 12.0. The van der Waals surface area contributed by atoms with E-state index in [1.54, 1.807) is 0 Å². The van der Waals surface area contributed by atoms with Gasteiger partial charge in [-0.05, 0) is 45.3 Å². The zero-order valence-corrected chi connectivity index (χ0v) is 10.1. The van der Waals surface area contributed by atoms with Gasteiger partial charge in [-0.3, -0.25) is 0 Å². The third kappa shape index (κ3) is 4.43. The van der Waals surface area contributed by atoms with Crippen molar-refractivity contribution in [2.45, 2.75) is 45.6 Å². The molecule has 14 heavy (non-hydrogen) atoms. The largest absolute Gasteiger partial charge is 0.315 e. The second kappa shape index (κ2) is 6.41. The third-order valence-electron chi connectivity index (χ3n) is 3.20. The average molecular weight is 198 g/mol. The molecule has 1 rings (SSSR count). The molecule has 0 saturated carbocycles. The first-order valence-electron chi connectivity index (χ1n) is 6.11. The van der Waals surface area contributed by atoms with Crippen LogP contribution in [0.3, 0.4) is 0 Å². The summed E-state index contributed by atoms with van der Waals surface area (Å²) in [6, 6.07) is 0.788. The summed E-state index contributed by atoms with van der Waals surface area (Å²) in [6.45, 7) is 8.23. The molecule has 2 heteroatoms. The summed E-state index contributed by atoms with van der Waals surface area (Å²) in [6.07, 6.45) is 5.49. The van der Waals surface area contributed by atoms with Crippen molar-refractivity contribution in [1.29, 1.82) is 0 Å². The topological polar surface area (TPSA) is 15.3 Å². The number of nitrogens with one attached hydrogen (secondary N) is 1. The minimum absolute atomic E-state index is 0.788. The maximum atomic E-state index is 3.58. The molecular formula is C12H26N2. The molecule has 0 aromatic heterocycles. The lowest BCUT2D eigenvalue weighted by atomic mass is 10.0. The highest BCUT2D eigenvalue weighted by Gasteiger charge is 2.17. The Labute approximate surface area is 89.1 Å². The minimum atomic E-state index is 0.788. The summed E-state index contributed by atoms with van der Waals surface area (Å²) in [5, 5.41) is 3.58. The molecule has 1 atom stereocenters. The van der Waals surface area contributed by atoms with E-state index in [9.17, 15) is 0 Å². The number of likely N-dealkylation sites (N-methyl/N-ethyl adjacent to an activating group) is 1. The molecule has 1 aliphatic heterocycles. The van der Waals surface area contributed by atoms with Crippen LogP contribution in [-0.4, -0.2) is 37.6 Å². The van der Waals surface area contributed by atoms with Crippen LogP contribution in [0, 0.1) is 5.92 Å². The summed E-state index contributed by atoms with van der Waals surface area (Å²) in [5.74, 6) is 0.826. The van der Waals surface area contributed by atoms with Gasteiger partial charge in [0.15, 0.2) is 0 Å². The van der Waals surface area contributed by atoms with Crippen molar-refractivity contribution < 1.29 is 0 Å². The van der Waals surface area contributed by atoms with Crippen molar-refractivity contribution >= 4 is 0 Å². The molecule has 0 aromatic carbocycles. The fourth-order valence-electron chi connectivity index (χ4n) is 2.06. The van der Waals surface area contributed by atoms with Crippen LogP contribution in [0.5, 0.6) is 0 Å². The van der Waals surface area contributed by atoms with E-state index in [1.807, 2.05) is 0 Å². The van der Waals surface area contributed by atoms with Gasteiger partial charge in [0, 0.05) is 12.6 Å². The lowest BCUT2D eigenvalue weighted by Gasteiger charge is -2.32. The molecule has 1 aliphatic rings. The highest BCUT2D eigenvalue weighted by molar-refractivity contribution is 4.75. The normalized spacial score (nSPS) is 24.4. The summed E-state index contributed by atoms with van der Waals surface area (Å²) in [4.78, 5) is 2.51. The number of hydrogen-bond acceptors (Lipinski definition) is 2. The van der Waals surface area contributed by atoms with Crippen LogP contribution in [0.15, 0.2) is 0 Å². The number of rotatable bonds is 5. The summed E-state index contributed by atoms with van der Waals surface area (Å²) in [5.41, 5.74) is 0. The smallest absolute Gasteiger partial charge is 0.0217 e. The first-order chi connectivity index (χ1) is 6.70. The first-order valence-corrected chi connectivity index (χ1v) is 6.11. The van der Waals surface area contributed by atoms with Crippen LogP contribution < -0.4 is 5.32 Å². The second-order valence-electron chi connectivity index (χ2n) is 5.02. The fraction of sp³-hybridized carbons (Fsp3) is 1.00. The third-order valence-corrected chi connectivity index (χ3v) is 3.20. The van der Waals surface area contributed by atoms with E-state index in [1.165, 1.54) is 45.3 Å². The Hall–Kier alpha value is -0.0800. The van der Waals surface area contributed by atoms with E-state index < -0.39 is 0 Å². The number of nitrogens with zero attached hydrogens (tertiary/aromatic N) is 1. The minimum Gasteiger partial charge on any atom is -0.315 e. The van der Waals surface area contributed by atoms with Gasteiger partial charge in [-0.1, -0.05) is 20.3 Å². The number of piperidine rings is 1. The fourth-order valence-corrected chi connectivity index (χ4v) is 2.06. The Morgan fingerprint density at radius 3 is 2.79 bits per heavy atom. The second-order valence-corrected chi connectivity index (χ2v) is 5.02. The maximum Gasteiger partial charge on any atom is 0.0217 e. The highest BCUT2D eigenvalue weighted by atomic mass is 15.2. The van der Waals surface area contributed by atoms with Crippen LogP contribution >= 0.6 is 0 Å². The van der Waals surface area contributed by atoms with Crippen LogP contribution in [-0.2, 0) is 0 Å². The summed E-state index contributed by atoms with van der Waals surface area (Å²) >= 11 is 0. The predicted octanol–water partition coefficient (Wildman–Crippen LogP) is 2.11. The van der Waals surface area contributed by atoms with Gasteiger partial charge in [0.05, 0.1) is 0 Å². The standard InChI is InChI=1S/C12H26N2/c1-11(2)7-8-13-10-12-6-4-5-9-14(12)3/h11-13H,4-10H2,1-3H3. The molecule has 0 amide bonds. The molecule has 0 bridgehead atoms. The Kier molecular flexibility index (Phi) is 5.49. The van der Waals surface area contributed by atoms with E-state index in [-0.39, 0.29) is 0 Å².